The number of benzene rings is 1. The number of aromatic amines is 1. The third-order valence-corrected chi connectivity index (χ3v) is 4.02. The number of anilines is 1. The monoisotopic (exact) mass is 301 g/mol. The summed E-state index contributed by atoms with van der Waals surface area (Å²) in [6.07, 6.45) is 1.77. The lowest BCUT2D eigenvalue weighted by molar-refractivity contribution is -0.128. The fourth-order valence-corrected chi connectivity index (χ4v) is 2.74. The van der Waals surface area contributed by atoms with E-state index in [4.69, 9.17) is 10.5 Å². The van der Waals surface area contributed by atoms with Crippen LogP contribution in [0.1, 0.15) is 30.3 Å². The maximum absolute atomic E-state index is 12.1. The van der Waals surface area contributed by atoms with E-state index in [-0.39, 0.29) is 17.9 Å². The van der Waals surface area contributed by atoms with Gasteiger partial charge in [-0.3, -0.25) is 9.59 Å². The molecule has 1 heterocycles. The zero-order valence-corrected chi connectivity index (χ0v) is 12.4. The first kappa shape index (κ1) is 14.6. The van der Waals surface area contributed by atoms with Gasteiger partial charge in [0.25, 0.3) is 5.91 Å². The molecular formula is C16H19N3O3. The van der Waals surface area contributed by atoms with Gasteiger partial charge in [-0.15, -0.1) is 0 Å². The average Bonchev–Trinajstić information content (AvgIpc) is 2.85. The van der Waals surface area contributed by atoms with Crippen LogP contribution in [0.4, 0.5) is 5.69 Å². The molecular weight excluding hydrogens is 282 g/mol. The number of carbonyl (C=O) groups excluding carboxylic acids is 2. The van der Waals surface area contributed by atoms with Gasteiger partial charge in [0.1, 0.15) is 5.69 Å². The molecule has 2 aromatic rings. The molecule has 116 valence electrons. The number of ether oxygens (including phenoxy) is 1. The van der Waals surface area contributed by atoms with Crippen molar-refractivity contribution in [3.05, 3.63) is 30.0 Å². The van der Waals surface area contributed by atoms with Gasteiger partial charge in [0, 0.05) is 29.1 Å². The summed E-state index contributed by atoms with van der Waals surface area (Å²) in [5.41, 5.74) is 7.13. The number of aromatic nitrogens is 1. The largest absolute Gasteiger partial charge is 0.378 e. The number of hydrogen-bond donors (Lipinski definition) is 3. The molecule has 4 N–H and O–H groups in total. The first-order chi connectivity index (χ1) is 10.6. The topological polar surface area (TPSA) is 97.2 Å². The van der Waals surface area contributed by atoms with Crippen molar-refractivity contribution in [2.75, 3.05) is 11.9 Å². The van der Waals surface area contributed by atoms with Crippen LogP contribution in [-0.4, -0.2) is 29.5 Å². The van der Waals surface area contributed by atoms with E-state index in [9.17, 15) is 9.59 Å². The van der Waals surface area contributed by atoms with Crippen molar-refractivity contribution in [1.82, 2.24) is 4.98 Å². The molecule has 0 radical (unpaired) electrons. The van der Waals surface area contributed by atoms with Crippen molar-refractivity contribution in [1.29, 1.82) is 0 Å². The molecule has 0 atom stereocenters. The molecule has 3 rings (SSSR count). The Morgan fingerprint density at radius 3 is 2.82 bits per heavy atom. The summed E-state index contributed by atoms with van der Waals surface area (Å²) in [5.74, 6) is -0.473. The number of hydrogen-bond acceptors (Lipinski definition) is 3. The van der Waals surface area contributed by atoms with Crippen LogP contribution in [0.25, 0.3) is 10.9 Å². The van der Waals surface area contributed by atoms with Gasteiger partial charge in [-0.05, 0) is 44.0 Å². The second-order valence-corrected chi connectivity index (χ2v) is 5.58. The quantitative estimate of drug-likeness (QED) is 0.788. The second kappa shape index (κ2) is 5.81. The second-order valence-electron chi connectivity index (χ2n) is 5.58. The predicted octanol–water partition coefficient (Wildman–Crippen LogP) is 2.02. The Balaban J connectivity index is 1.66. The fraction of sp³-hybridized carbons (Fsp3) is 0.375. The molecule has 2 amide bonds. The third-order valence-electron chi connectivity index (χ3n) is 4.02. The minimum absolute atomic E-state index is 0.0136. The van der Waals surface area contributed by atoms with Crippen molar-refractivity contribution in [3.63, 3.8) is 0 Å². The number of fused-ring (bicyclic) bond motifs is 1. The SMILES string of the molecule is CCOC1CC(C(=O)Nc2ccc3[nH]c(C(N)=O)cc3c2)C1. The third kappa shape index (κ3) is 2.82. The zero-order chi connectivity index (χ0) is 15.7. The van der Waals surface area contributed by atoms with Crippen molar-refractivity contribution in [3.8, 4) is 0 Å². The molecule has 1 aliphatic rings. The van der Waals surface area contributed by atoms with Crippen molar-refractivity contribution < 1.29 is 14.3 Å². The summed E-state index contributed by atoms with van der Waals surface area (Å²) in [4.78, 5) is 26.2. The molecule has 0 aliphatic heterocycles. The minimum Gasteiger partial charge on any atom is -0.378 e. The van der Waals surface area contributed by atoms with Crippen molar-refractivity contribution in [2.45, 2.75) is 25.9 Å². The van der Waals surface area contributed by atoms with Crippen molar-refractivity contribution in [2.24, 2.45) is 11.7 Å². The Morgan fingerprint density at radius 1 is 1.36 bits per heavy atom. The van der Waals surface area contributed by atoms with Crippen LogP contribution in [0.15, 0.2) is 24.3 Å². The Bertz CT molecular complexity index is 716. The number of amides is 2. The predicted molar refractivity (Wildman–Crippen MR) is 83.6 cm³/mol. The van der Waals surface area contributed by atoms with E-state index in [1.54, 1.807) is 12.1 Å². The first-order valence-corrected chi connectivity index (χ1v) is 7.42. The summed E-state index contributed by atoms with van der Waals surface area (Å²) in [5, 5.41) is 3.75. The normalized spacial score (nSPS) is 20.6. The van der Waals surface area contributed by atoms with E-state index >= 15 is 0 Å². The van der Waals surface area contributed by atoms with E-state index < -0.39 is 5.91 Å². The van der Waals surface area contributed by atoms with Crippen LogP contribution >= 0.6 is 0 Å². The highest BCUT2D eigenvalue weighted by molar-refractivity contribution is 5.99. The maximum atomic E-state index is 12.1. The van der Waals surface area contributed by atoms with Crippen LogP contribution in [0.2, 0.25) is 0 Å². The molecule has 6 nitrogen and oxygen atoms in total. The maximum Gasteiger partial charge on any atom is 0.265 e. The summed E-state index contributed by atoms with van der Waals surface area (Å²) >= 11 is 0. The smallest absolute Gasteiger partial charge is 0.265 e. The highest BCUT2D eigenvalue weighted by atomic mass is 16.5. The summed E-state index contributed by atoms with van der Waals surface area (Å²) in [6, 6.07) is 7.14. The summed E-state index contributed by atoms with van der Waals surface area (Å²) in [6.45, 7) is 2.64. The van der Waals surface area contributed by atoms with E-state index in [0.717, 1.165) is 23.7 Å². The summed E-state index contributed by atoms with van der Waals surface area (Å²) in [7, 11) is 0. The fourth-order valence-electron chi connectivity index (χ4n) is 2.74. The van der Waals surface area contributed by atoms with Gasteiger partial charge in [-0.25, -0.2) is 0 Å². The van der Waals surface area contributed by atoms with Gasteiger partial charge < -0.3 is 20.8 Å². The van der Waals surface area contributed by atoms with Gasteiger partial charge in [-0.1, -0.05) is 0 Å². The summed E-state index contributed by atoms with van der Waals surface area (Å²) < 4.78 is 5.46. The molecule has 0 bridgehead atoms. The van der Waals surface area contributed by atoms with Crippen LogP contribution in [0, 0.1) is 5.92 Å². The molecule has 0 unspecified atom stereocenters. The zero-order valence-electron chi connectivity index (χ0n) is 12.4. The lowest BCUT2D eigenvalue weighted by Crippen LogP contribution is -2.39. The average molecular weight is 301 g/mol. The number of H-pyrrole nitrogens is 1. The van der Waals surface area contributed by atoms with Crippen LogP contribution in [0.3, 0.4) is 0 Å². The van der Waals surface area contributed by atoms with Gasteiger partial charge >= 0.3 is 0 Å². The Hall–Kier alpha value is -2.34. The van der Waals surface area contributed by atoms with E-state index in [1.807, 2.05) is 19.1 Å². The highest BCUT2D eigenvalue weighted by Gasteiger charge is 2.34. The van der Waals surface area contributed by atoms with Gasteiger partial charge in [0.2, 0.25) is 5.91 Å². The molecule has 0 saturated heterocycles. The van der Waals surface area contributed by atoms with Crippen molar-refractivity contribution >= 4 is 28.4 Å². The highest BCUT2D eigenvalue weighted by Crippen LogP contribution is 2.31. The lowest BCUT2D eigenvalue weighted by Gasteiger charge is -2.33. The van der Waals surface area contributed by atoms with Gasteiger partial charge in [0.05, 0.1) is 6.10 Å². The molecule has 22 heavy (non-hydrogen) atoms. The molecule has 1 aromatic carbocycles. The van der Waals surface area contributed by atoms with Gasteiger partial charge in [-0.2, -0.15) is 0 Å². The minimum atomic E-state index is -0.502. The molecule has 1 fully saturated rings. The Kier molecular flexibility index (Phi) is 3.85. The number of nitrogens with one attached hydrogen (secondary N) is 2. The molecule has 1 aliphatic carbocycles. The molecule has 1 aromatic heterocycles. The van der Waals surface area contributed by atoms with E-state index in [2.05, 4.69) is 10.3 Å². The van der Waals surface area contributed by atoms with Crippen LogP contribution in [0.5, 0.6) is 0 Å². The number of carbonyl (C=O) groups is 2. The Labute approximate surface area is 128 Å². The molecule has 0 spiro atoms. The molecule has 1 saturated carbocycles. The molecule has 6 heteroatoms. The standard InChI is InChI=1S/C16H19N3O3/c1-2-22-12-6-10(7-12)16(21)18-11-3-4-13-9(5-11)8-14(19-13)15(17)20/h3-5,8,10,12,19H,2,6-7H2,1H3,(H2,17,20)(H,18,21). The van der Waals surface area contributed by atoms with Crippen LogP contribution < -0.4 is 11.1 Å². The van der Waals surface area contributed by atoms with E-state index in [1.165, 1.54) is 0 Å². The number of primary amides is 1. The Morgan fingerprint density at radius 2 is 2.14 bits per heavy atom. The lowest BCUT2D eigenvalue weighted by atomic mass is 9.81. The number of rotatable bonds is 5. The number of nitrogens with two attached hydrogens (primary N) is 1. The first-order valence-electron chi connectivity index (χ1n) is 7.42. The van der Waals surface area contributed by atoms with Gasteiger partial charge in [0.15, 0.2) is 0 Å². The van der Waals surface area contributed by atoms with E-state index in [0.29, 0.717) is 18.0 Å². The van der Waals surface area contributed by atoms with Crippen LogP contribution in [-0.2, 0) is 9.53 Å².